The molecule has 0 aliphatic rings. The first-order valence-corrected chi connectivity index (χ1v) is 11.8. The number of carbonyl (C=O) groups is 2. The van der Waals surface area contributed by atoms with Crippen LogP contribution in [0, 0.1) is 6.92 Å². The fourth-order valence-electron chi connectivity index (χ4n) is 3.50. The first-order valence-electron chi connectivity index (χ1n) is 11.8. The van der Waals surface area contributed by atoms with Gasteiger partial charge in [0, 0.05) is 18.5 Å². The van der Waals surface area contributed by atoms with Gasteiger partial charge < -0.3 is 23.8 Å². The van der Waals surface area contributed by atoms with Crippen molar-refractivity contribution in [3.63, 3.8) is 0 Å². The summed E-state index contributed by atoms with van der Waals surface area (Å²) >= 11 is 0. The van der Waals surface area contributed by atoms with E-state index < -0.39 is 18.6 Å². The molecule has 0 aliphatic carbocycles. The van der Waals surface area contributed by atoms with Crippen molar-refractivity contribution < 1.29 is 33.4 Å². The van der Waals surface area contributed by atoms with Crippen molar-refractivity contribution in [2.45, 2.75) is 19.9 Å². The van der Waals surface area contributed by atoms with E-state index in [1.807, 2.05) is 31.2 Å². The predicted molar refractivity (Wildman–Crippen MR) is 137 cm³/mol. The average Bonchev–Trinajstić information content (AvgIpc) is 3.39. The molecule has 10 heteroatoms. The predicted octanol–water partition coefficient (Wildman–Crippen LogP) is 4.76. The highest BCUT2D eigenvalue weighted by Gasteiger charge is 2.20. The van der Waals surface area contributed by atoms with Crippen LogP contribution in [0.2, 0.25) is 0 Å². The summed E-state index contributed by atoms with van der Waals surface area (Å²) in [6.45, 7) is 1.89. The quantitative estimate of drug-likeness (QED) is 0.300. The van der Waals surface area contributed by atoms with Crippen LogP contribution in [0.25, 0.3) is 11.5 Å². The molecule has 38 heavy (non-hydrogen) atoms. The van der Waals surface area contributed by atoms with Crippen molar-refractivity contribution in [2.75, 3.05) is 20.3 Å². The van der Waals surface area contributed by atoms with Crippen LogP contribution < -0.4 is 14.2 Å². The normalized spacial score (nSPS) is 10.6. The highest BCUT2D eigenvalue weighted by molar-refractivity contribution is 5.78. The SMILES string of the molecule is COc1ccc(OC(=O)N(CC(=O)O)Cc2ccc(OCCc3noc(-c4ccc(C)cc4)n3)cc2)cc1. The maximum Gasteiger partial charge on any atom is 0.416 e. The topological polar surface area (TPSA) is 124 Å². The molecular formula is C28H27N3O7. The second-order valence-electron chi connectivity index (χ2n) is 8.42. The molecule has 0 aliphatic heterocycles. The van der Waals surface area contributed by atoms with Crippen molar-refractivity contribution in [2.24, 2.45) is 0 Å². The Kier molecular flexibility index (Phi) is 8.55. The van der Waals surface area contributed by atoms with E-state index in [1.165, 1.54) is 7.11 Å². The van der Waals surface area contributed by atoms with Gasteiger partial charge in [-0.1, -0.05) is 35.0 Å². The van der Waals surface area contributed by atoms with Crippen molar-refractivity contribution in [3.05, 3.63) is 89.7 Å². The second-order valence-corrected chi connectivity index (χ2v) is 8.42. The third-order valence-corrected chi connectivity index (χ3v) is 5.51. The molecule has 0 bridgehead atoms. The molecule has 0 saturated carbocycles. The largest absolute Gasteiger partial charge is 0.497 e. The van der Waals surface area contributed by atoms with Crippen molar-refractivity contribution in [3.8, 4) is 28.7 Å². The summed E-state index contributed by atoms with van der Waals surface area (Å²) in [7, 11) is 1.53. The van der Waals surface area contributed by atoms with Crippen molar-refractivity contribution in [1.82, 2.24) is 15.0 Å². The van der Waals surface area contributed by atoms with Gasteiger partial charge in [0.2, 0.25) is 0 Å². The van der Waals surface area contributed by atoms with Gasteiger partial charge in [0.25, 0.3) is 5.89 Å². The van der Waals surface area contributed by atoms with E-state index >= 15 is 0 Å². The molecule has 10 nitrogen and oxygen atoms in total. The summed E-state index contributed by atoms with van der Waals surface area (Å²) in [5.74, 6) is 1.35. The molecule has 0 unspecified atom stereocenters. The summed E-state index contributed by atoms with van der Waals surface area (Å²) in [5.41, 5.74) is 2.72. The molecule has 1 aromatic heterocycles. The minimum absolute atomic E-state index is 0.0478. The first-order chi connectivity index (χ1) is 18.4. The third-order valence-electron chi connectivity index (χ3n) is 5.51. The number of nitrogens with zero attached hydrogens (tertiary/aromatic N) is 3. The molecule has 196 valence electrons. The Balaban J connectivity index is 1.29. The summed E-state index contributed by atoms with van der Waals surface area (Å²) < 4.78 is 21.5. The van der Waals surface area contributed by atoms with Gasteiger partial charge in [0.05, 0.1) is 13.7 Å². The summed E-state index contributed by atoms with van der Waals surface area (Å²) in [6.07, 6.45) is -0.316. The van der Waals surface area contributed by atoms with Crippen LogP contribution >= 0.6 is 0 Å². The smallest absolute Gasteiger partial charge is 0.416 e. The number of aryl methyl sites for hydroxylation is 1. The number of ether oxygens (including phenoxy) is 3. The lowest BCUT2D eigenvalue weighted by Gasteiger charge is -2.20. The Labute approximate surface area is 219 Å². The Morgan fingerprint density at radius 3 is 2.24 bits per heavy atom. The van der Waals surface area contributed by atoms with Crippen LogP contribution in [0.3, 0.4) is 0 Å². The monoisotopic (exact) mass is 517 g/mol. The van der Waals surface area contributed by atoms with E-state index in [2.05, 4.69) is 10.1 Å². The molecule has 4 aromatic rings. The Hall–Kier alpha value is -4.86. The van der Waals surface area contributed by atoms with Crippen LogP contribution in [0.1, 0.15) is 17.0 Å². The van der Waals surface area contributed by atoms with E-state index in [1.54, 1.807) is 48.5 Å². The molecule has 1 heterocycles. The number of aromatic nitrogens is 2. The van der Waals surface area contributed by atoms with Crippen LogP contribution in [0.5, 0.6) is 17.2 Å². The number of hydrogen-bond acceptors (Lipinski definition) is 8. The van der Waals surface area contributed by atoms with Crippen LogP contribution in [-0.2, 0) is 17.8 Å². The minimum atomic E-state index is -1.15. The number of aliphatic carboxylic acids is 1. The third kappa shape index (κ3) is 7.33. The fraction of sp³-hybridized carbons (Fsp3) is 0.214. The Bertz CT molecular complexity index is 1350. The van der Waals surface area contributed by atoms with Crippen molar-refractivity contribution in [1.29, 1.82) is 0 Å². The maximum atomic E-state index is 12.6. The summed E-state index contributed by atoms with van der Waals surface area (Å²) in [6, 6.07) is 21.3. The maximum absolute atomic E-state index is 12.6. The Morgan fingerprint density at radius 1 is 0.921 bits per heavy atom. The molecule has 0 fully saturated rings. The molecular weight excluding hydrogens is 490 g/mol. The van der Waals surface area contributed by atoms with E-state index in [4.69, 9.17) is 18.7 Å². The van der Waals surface area contributed by atoms with Gasteiger partial charge in [-0.15, -0.1) is 0 Å². The number of amides is 1. The van der Waals surface area contributed by atoms with E-state index in [0.717, 1.165) is 16.0 Å². The molecule has 1 amide bonds. The van der Waals surface area contributed by atoms with Gasteiger partial charge in [-0.3, -0.25) is 9.69 Å². The highest BCUT2D eigenvalue weighted by Crippen LogP contribution is 2.20. The zero-order valence-electron chi connectivity index (χ0n) is 21.0. The lowest BCUT2D eigenvalue weighted by atomic mass is 10.1. The highest BCUT2D eigenvalue weighted by atomic mass is 16.6. The first kappa shape index (κ1) is 26.2. The fourth-order valence-corrected chi connectivity index (χ4v) is 3.50. The standard InChI is InChI=1S/C28H27N3O7/c1-19-3-7-21(8-4-19)27-29-25(30-38-27)15-16-36-23-9-5-20(6-10-23)17-31(18-26(32)33)28(34)37-24-13-11-22(35-2)12-14-24/h3-14H,15-18H2,1-2H3,(H,32,33). The summed E-state index contributed by atoms with van der Waals surface area (Å²) in [4.78, 5) is 29.5. The molecule has 0 spiro atoms. The van der Waals surface area contributed by atoms with Crippen LogP contribution in [0.4, 0.5) is 4.79 Å². The molecule has 0 radical (unpaired) electrons. The van der Waals surface area contributed by atoms with E-state index in [-0.39, 0.29) is 12.3 Å². The van der Waals surface area contributed by atoms with E-state index in [0.29, 0.717) is 41.8 Å². The zero-order valence-corrected chi connectivity index (χ0v) is 21.0. The van der Waals surface area contributed by atoms with E-state index in [9.17, 15) is 14.7 Å². The summed E-state index contributed by atoms with van der Waals surface area (Å²) in [5, 5.41) is 13.3. The van der Waals surface area contributed by atoms with Gasteiger partial charge in [-0.05, 0) is 61.0 Å². The molecule has 0 atom stereocenters. The molecule has 1 N–H and O–H groups in total. The van der Waals surface area contributed by atoms with Crippen molar-refractivity contribution >= 4 is 12.1 Å². The zero-order chi connectivity index (χ0) is 26.9. The lowest BCUT2D eigenvalue weighted by molar-refractivity contribution is -0.138. The van der Waals surface area contributed by atoms with Gasteiger partial charge in [0.1, 0.15) is 23.8 Å². The minimum Gasteiger partial charge on any atom is -0.497 e. The number of methoxy groups -OCH3 is 1. The molecule has 4 rings (SSSR count). The second kappa shape index (κ2) is 12.4. The van der Waals surface area contributed by atoms with Gasteiger partial charge in [-0.2, -0.15) is 4.98 Å². The van der Waals surface area contributed by atoms with Gasteiger partial charge in [-0.25, -0.2) is 4.79 Å². The number of carboxylic acid groups (broad SMARTS) is 1. The van der Waals surface area contributed by atoms with Crippen LogP contribution in [0.15, 0.2) is 77.3 Å². The number of carboxylic acids is 1. The number of carbonyl (C=O) groups excluding carboxylic acids is 1. The molecule has 3 aromatic carbocycles. The lowest BCUT2D eigenvalue weighted by Crippen LogP contribution is -2.37. The number of benzene rings is 3. The van der Waals surface area contributed by atoms with Crippen LogP contribution in [-0.4, -0.2) is 52.5 Å². The Morgan fingerprint density at radius 2 is 1.58 bits per heavy atom. The van der Waals surface area contributed by atoms with Gasteiger partial charge >= 0.3 is 12.1 Å². The number of hydrogen-bond donors (Lipinski definition) is 1. The molecule has 0 saturated heterocycles. The van der Waals surface area contributed by atoms with Gasteiger partial charge in [0.15, 0.2) is 5.82 Å². The average molecular weight is 518 g/mol. The number of rotatable bonds is 11.